The lowest BCUT2D eigenvalue weighted by Crippen LogP contribution is -1.92. The number of nitro benzene ring substituents is 1. The van der Waals surface area contributed by atoms with E-state index in [-0.39, 0.29) is 5.69 Å². The van der Waals surface area contributed by atoms with Crippen LogP contribution in [-0.2, 0) is 4.79 Å². The minimum Gasteiger partial charge on any atom is -0.478 e. The molecule has 0 aliphatic carbocycles. The molecule has 0 spiro atoms. The highest BCUT2D eigenvalue weighted by molar-refractivity contribution is 5.87. The van der Waals surface area contributed by atoms with Gasteiger partial charge in [0.15, 0.2) is 0 Å². The van der Waals surface area contributed by atoms with Crippen LogP contribution in [0.3, 0.4) is 0 Å². The van der Waals surface area contributed by atoms with Crippen molar-refractivity contribution in [3.8, 4) is 11.3 Å². The number of fused-ring (bicyclic) bond motifs is 1. The lowest BCUT2D eigenvalue weighted by atomic mass is 10.1. The molecule has 2 aromatic heterocycles. The van der Waals surface area contributed by atoms with E-state index in [1.165, 1.54) is 18.2 Å². The summed E-state index contributed by atoms with van der Waals surface area (Å²) >= 11 is 0. The fourth-order valence-corrected chi connectivity index (χ4v) is 2.46. The van der Waals surface area contributed by atoms with Crippen molar-refractivity contribution < 1.29 is 14.8 Å². The minimum atomic E-state index is -1.08. The third-order valence-electron chi connectivity index (χ3n) is 3.52. The molecule has 3 rings (SSSR count). The molecular formula is C17H13N3O4. The van der Waals surface area contributed by atoms with E-state index in [1.54, 1.807) is 16.5 Å². The zero-order chi connectivity index (χ0) is 17.3. The van der Waals surface area contributed by atoms with Crippen molar-refractivity contribution in [2.45, 2.75) is 6.92 Å². The zero-order valence-corrected chi connectivity index (χ0v) is 12.7. The first kappa shape index (κ1) is 15.4. The third-order valence-corrected chi connectivity index (χ3v) is 3.52. The van der Waals surface area contributed by atoms with Gasteiger partial charge >= 0.3 is 5.97 Å². The van der Waals surface area contributed by atoms with Crippen molar-refractivity contribution in [1.82, 2.24) is 9.38 Å². The number of benzene rings is 1. The van der Waals surface area contributed by atoms with Crippen molar-refractivity contribution >= 4 is 23.4 Å². The number of carboxylic acids is 1. The molecule has 0 bridgehead atoms. The Kier molecular flexibility index (Phi) is 3.83. The maximum absolute atomic E-state index is 11.0. The van der Waals surface area contributed by atoms with E-state index in [1.807, 2.05) is 25.3 Å². The average molecular weight is 323 g/mol. The van der Waals surface area contributed by atoms with Crippen LogP contribution in [0.4, 0.5) is 5.69 Å². The number of nitro groups is 1. The van der Waals surface area contributed by atoms with E-state index in [0.29, 0.717) is 22.6 Å². The standard InChI is InChI=1S/C17H13N3O4/c1-11-5-7-15-18-17(12-3-2-4-13(9-12)20(23)24)14(19(15)10-11)6-8-16(21)22/h2-10H,1H3,(H,21,22)/b8-6+. The van der Waals surface area contributed by atoms with Crippen LogP contribution in [0, 0.1) is 17.0 Å². The maximum Gasteiger partial charge on any atom is 0.328 e. The molecule has 0 saturated carbocycles. The van der Waals surface area contributed by atoms with Gasteiger partial charge in [-0.3, -0.25) is 14.5 Å². The molecule has 24 heavy (non-hydrogen) atoms. The van der Waals surface area contributed by atoms with Gasteiger partial charge in [-0.05, 0) is 24.6 Å². The van der Waals surface area contributed by atoms with E-state index < -0.39 is 10.9 Å². The summed E-state index contributed by atoms with van der Waals surface area (Å²) in [7, 11) is 0. The van der Waals surface area contributed by atoms with E-state index in [9.17, 15) is 14.9 Å². The van der Waals surface area contributed by atoms with Crippen molar-refractivity contribution in [2.24, 2.45) is 0 Å². The van der Waals surface area contributed by atoms with Crippen LogP contribution in [0.15, 0.2) is 48.7 Å². The maximum atomic E-state index is 11.0. The van der Waals surface area contributed by atoms with Crippen LogP contribution >= 0.6 is 0 Å². The highest BCUT2D eigenvalue weighted by atomic mass is 16.6. The lowest BCUT2D eigenvalue weighted by Gasteiger charge is -2.01. The Bertz CT molecular complexity index is 989. The van der Waals surface area contributed by atoms with Gasteiger partial charge < -0.3 is 5.11 Å². The summed E-state index contributed by atoms with van der Waals surface area (Å²) in [6.45, 7) is 1.91. The Hall–Kier alpha value is -3.48. The fourth-order valence-electron chi connectivity index (χ4n) is 2.46. The minimum absolute atomic E-state index is 0.0473. The molecule has 0 saturated heterocycles. The number of carbonyl (C=O) groups is 1. The van der Waals surface area contributed by atoms with Gasteiger partial charge in [0.05, 0.1) is 16.3 Å². The number of imidazole rings is 1. The monoisotopic (exact) mass is 323 g/mol. The smallest absolute Gasteiger partial charge is 0.328 e. The largest absolute Gasteiger partial charge is 0.478 e. The highest BCUT2D eigenvalue weighted by Crippen LogP contribution is 2.28. The Balaban J connectivity index is 2.27. The van der Waals surface area contributed by atoms with Gasteiger partial charge in [-0.2, -0.15) is 0 Å². The third kappa shape index (κ3) is 2.87. The second-order valence-electron chi connectivity index (χ2n) is 5.26. The molecule has 0 radical (unpaired) electrons. The van der Waals surface area contributed by atoms with E-state index >= 15 is 0 Å². The molecule has 0 fully saturated rings. The molecular weight excluding hydrogens is 310 g/mol. The predicted octanol–water partition coefficient (Wildman–Crippen LogP) is 3.32. The van der Waals surface area contributed by atoms with Crippen LogP contribution in [0.5, 0.6) is 0 Å². The van der Waals surface area contributed by atoms with Gasteiger partial charge in [-0.25, -0.2) is 9.78 Å². The SMILES string of the molecule is Cc1ccc2nc(-c3cccc([N+](=O)[O-])c3)c(/C=C/C(=O)O)n2c1. The number of non-ortho nitro benzene ring substituents is 1. The molecule has 0 amide bonds. The number of rotatable bonds is 4. The topological polar surface area (TPSA) is 97.7 Å². The number of aryl methyl sites for hydroxylation is 1. The molecule has 2 heterocycles. The normalized spacial score (nSPS) is 11.2. The number of carboxylic acid groups (broad SMARTS) is 1. The first-order valence-electron chi connectivity index (χ1n) is 7.10. The fraction of sp³-hybridized carbons (Fsp3) is 0.0588. The molecule has 0 aliphatic heterocycles. The summed E-state index contributed by atoms with van der Waals surface area (Å²) in [5.41, 5.74) is 3.16. The predicted molar refractivity (Wildman–Crippen MR) is 88.7 cm³/mol. The summed E-state index contributed by atoms with van der Waals surface area (Å²) in [6, 6.07) is 9.81. The van der Waals surface area contributed by atoms with E-state index in [2.05, 4.69) is 4.98 Å². The molecule has 7 nitrogen and oxygen atoms in total. The van der Waals surface area contributed by atoms with Crippen LogP contribution in [-0.4, -0.2) is 25.4 Å². The highest BCUT2D eigenvalue weighted by Gasteiger charge is 2.15. The lowest BCUT2D eigenvalue weighted by molar-refractivity contribution is -0.384. The van der Waals surface area contributed by atoms with Gasteiger partial charge in [0.2, 0.25) is 0 Å². The van der Waals surface area contributed by atoms with Crippen molar-refractivity contribution in [3.63, 3.8) is 0 Å². The molecule has 1 N–H and O–H groups in total. The zero-order valence-electron chi connectivity index (χ0n) is 12.7. The molecule has 0 aliphatic rings. The molecule has 0 atom stereocenters. The van der Waals surface area contributed by atoms with Gasteiger partial charge in [0, 0.05) is 30.0 Å². The first-order chi connectivity index (χ1) is 11.5. The Labute approximate surface area is 136 Å². The van der Waals surface area contributed by atoms with Gasteiger partial charge in [0.1, 0.15) is 5.65 Å². The van der Waals surface area contributed by atoms with Crippen molar-refractivity contribution in [1.29, 1.82) is 0 Å². The molecule has 0 unspecified atom stereocenters. The second-order valence-corrected chi connectivity index (χ2v) is 5.26. The summed E-state index contributed by atoms with van der Waals surface area (Å²) < 4.78 is 1.77. The quantitative estimate of drug-likeness (QED) is 0.451. The van der Waals surface area contributed by atoms with Gasteiger partial charge in [-0.1, -0.05) is 18.2 Å². The number of aliphatic carboxylic acids is 1. The number of nitrogens with zero attached hydrogens (tertiary/aromatic N) is 3. The summed E-state index contributed by atoms with van der Waals surface area (Å²) in [6.07, 6.45) is 4.30. The van der Waals surface area contributed by atoms with Crippen LogP contribution in [0.1, 0.15) is 11.3 Å². The van der Waals surface area contributed by atoms with Gasteiger partial charge in [0.25, 0.3) is 5.69 Å². The Morgan fingerprint density at radius 2 is 2.12 bits per heavy atom. The number of hydrogen-bond acceptors (Lipinski definition) is 4. The number of aromatic nitrogens is 2. The van der Waals surface area contributed by atoms with Crippen LogP contribution < -0.4 is 0 Å². The number of pyridine rings is 1. The summed E-state index contributed by atoms with van der Waals surface area (Å²) in [4.78, 5) is 25.9. The summed E-state index contributed by atoms with van der Waals surface area (Å²) in [5, 5.41) is 19.9. The number of hydrogen-bond donors (Lipinski definition) is 1. The molecule has 3 aromatic rings. The summed E-state index contributed by atoms with van der Waals surface area (Å²) in [5.74, 6) is -1.08. The van der Waals surface area contributed by atoms with Crippen molar-refractivity contribution in [2.75, 3.05) is 0 Å². The van der Waals surface area contributed by atoms with Gasteiger partial charge in [-0.15, -0.1) is 0 Å². The van der Waals surface area contributed by atoms with Crippen LogP contribution in [0.25, 0.3) is 23.0 Å². The molecule has 1 aromatic carbocycles. The van der Waals surface area contributed by atoms with E-state index in [0.717, 1.165) is 11.6 Å². The Morgan fingerprint density at radius 3 is 2.83 bits per heavy atom. The van der Waals surface area contributed by atoms with Crippen LogP contribution in [0.2, 0.25) is 0 Å². The second kappa shape index (κ2) is 5.96. The van der Waals surface area contributed by atoms with Crippen molar-refractivity contribution in [3.05, 3.63) is 70.0 Å². The molecule has 120 valence electrons. The molecule has 7 heteroatoms. The first-order valence-corrected chi connectivity index (χ1v) is 7.10. The average Bonchev–Trinajstić information content (AvgIpc) is 2.90. The van der Waals surface area contributed by atoms with E-state index in [4.69, 9.17) is 5.11 Å². The Morgan fingerprint density at radius 1 is 1.33 bits per heavy atom.